The van der Waals surface area contributed by atoms with Crippen LogP contribution in [0, 0.1) is 27.7 Å². The molecule has 3 nitrogen and oxygen atoms in total. The fraction of sp³-hybridized carbons (Fsp3) is 0.455. The molecule has 0 unspecified atom stereocenters. The van der Waals surface area contributed by atoms with Gasteiger partial charge in [0.25, 0.3) is 0 Å². The van der Waals surface area contributed by atoms with Gasteiger partial charge in [-0.05, 0) is 88.8 Å². The lowest BCUT2D eigenvalue weighted by molar-refractivity contribution is -0.112. The lowest BCUT2D eigenvalue weighted by atomic mass is 9.86. The van der Waals surface area contributed by atoms with Crippen molar-refractivity contribution in [3.8, 4) is 0 Å². The Morgan fingerprint density at radius 3 is 1.40 bits per heavy atom. The maximum atomic E-state index is 12.3. The van der Waals surface area contributed by atoms with E-state index >= 15 is 0 Å². The van der Waals surface area contributed by atoms with Crippen LogP contribution in [0.4, 0.5) is 11.4 Å². The van der Waals surface area contributed by atoms with Gasteiger partial charge in [0, 0.05) is 30.9 Å². The summed E-state index contributed by atoms with van der Waals surface area (Å²) in [5, 5.41) is 0. The van der Waals surface area contributed by atoms with E-state index in [9.17, 15) is 4.79 Å². The summed E-state index contributed by atoms with van der Waals surface area (Å²) in [6.07, 6.45) is 0. The third kappa shape index (κ3) is 2.97. The summed E-state index contributed by atoms with van der Waals surface area (Å²) in [6, 6.07) is 0. The summed E-state index contributed by atoms with van der Waals surface area (Å²) < 4.78 is 0. The second-order valence-electron chi connectivity index (χ2n) is 7.38. The highest BCUT2D eigenvalue weighted by Gasteiger charge is 2.25. The van der Waals surface area contributed by atoms with E-state index in [-0.39, 0.29) is 5.78 Å². The van der Waals surface area contributed by atoms with Gasteiger partial charge >= 0.3 is 0 Å². The minimum absolute atomic E-state index is 0.137. The number of Topliss-reactive ketones (excluding diaryl/α,β-unsaturated/α-hetero) is 1. The van der Waals surface area contributed by atoms with Crippen molar-refractivity contribution in [2.24, 2.45) is 4.99 Å². The summed E-state index contributed by atoms with van der Waals surface area (Å²) in [4.78, 5) is 19.6. The fourth-order valence-corrected chi connectivity index (χ4v) is 3.65. The first-order chi connectivity index (χ1) is 11.5. The summed E-state index contributed by atoms with van der Waals surface area (Å²) >= 11 is 0. The van der Waals surface area contributed by atoms with Gasteiger partial charge in [-0.25, -0.2) is 4.99 Å². The predicted molar refractivity (Wildman–Crippen MR) is 109 cm³/mol. The second-order valence-corrected chi connectivity index (χ2v) is 7.38. The van der Waals surface area contributed by atoms with Crippen LogP contribution in [0.2, 0.25) is 0 Å². The number of hydrogen-bond acceptors (Lipinski definition) is 3. The molecule has 0 spiro atoms. The van der Waals surface area contributed by atoms with Crippen LogP contribution in [0.1, 0.15) is 49.9 Å². The van der Waals surface area contributed by atoms with Crippen LogP contribution in [0.25, 0.3) is 0 Å². The van der Waals surface area contributed by atoms with Gasteiger partial charge in [-0.15, -0.1) is 0 Å². The SMILES string of the molecule is CC1=C(C)C(=Nc2c(C)c(C)c(N(C)C)c(C)c2C)C(C)=C(C)C1=O. The van der Waals surface area contributed by atoms with E-state index in [0.717, 1.165) is 33.7 Å². The van der Waals surface area contributed by atoms with E-state index in [1.807, 2.05) is 27.7 Å². The standard InChI is InChI=1S/C22H30N2O/c1-11-15(5)21(24(9)10)16(6)12(2)19(11)23-20-13(3)17(7)22(25)18(8)14(20)4/h1-10H3. The number of carbonyl (C=O) groups is 1. The molecule has 0 saturated carbocycles. The van der Waals surface area contributed by atoms with Crippen LogP contribution >= 0.6 is 0 Å². The first kappa shape index (κ1) is 19.2. The Morgan fingerprint density at radius 2 is 1.04 bits per heavy atom. The van der Waals surface area contributed by atoms with Gasteiger partial charge in [0.2, 0.25) is 0 Å². The highest BCUT2D eigenvalue weighted by molar-refractivity contribution is 6.26. The molecule has 1 aliphatic carbocycles. The molecule has 0 N–H and O–H groups in total. The Hall–Kier alpha value is -2.16. The van der Waals surface area contributed by atoms with Crippen LogP contribution in [0.15, 0.2) is 27.3 Å². The van der Waals surface area contributed by atoms with Gasteiger partial charge < -0.3 is 4.90 Å². The average Bonchev–Trinajstić information content (AvgIpc) is 2.55. The predicted octanol–water partition coefficient (Wildman–Crippen LogP) is 5.31. The van der Waals surface area contributed by atoms with Gasteiger partial charge in [0.05, 0.1) is 11.4 Å². The molecule has 0 atom stereocenters. The molecule has 0 heterocycles. The van der Waals surface area contributed by atoms with Crippen LogP contribution in [-0.2, 0) is 4.79 Å². The van der Waals surface area contributed by atoms with Gasteiger partial charge in [-0.2, -0.15) is 0 Å². The number of hydrogen-bond donors (Lipinski definition) is 0. The molecule has 3 heteroatoms. The molecule has 25 heavy (non-hydrogen) atoms. The van der Waals surface area contributed by atoms with E-state index < -0.39 is 0 Å². The topological polar surface area (TPSA) is 32.7 Å². The minimum atomic E-state index is 0.137. The van der Waals surface area contributed by atoms with Crippen molar-refractivity contribution in [2.45, 2.75) is 55.4 Å². The van der Waals surface area contributed by atoms with Crippen LogP contribution in [0.5, 0.6) is 0 Å². The van der Waals surface area contributed by atoms with Crippen molar-refractivity contribution in [3.63, 3.8) is 0 Å². The van der Waals surface area contributed by atoms with Gasteiger partial charge in [0.15, 0.2) is 5.78 Å². The molecule has 0 aliphatic heterocycles. The Balaban J connectivity index is 2.81. The van der Waals surface area contributed by atoms with Crippen molar-refractivity contribution in [1.82, 2.24) is 0 Å². The summed E-state index contributed by atoms with van der Waals surface area (Å²) in [5.74, 6) is 0.137. The van der Waals surface area contributed by atoms with E-state index in [1.165, 1.54) is 27.9 Å². The molecule has 0 aromatic heterocycles. The summed E-state index contributed by atoms with van der Waals surface area (Å²) in [6.45, 7) is 16.4. The Morgan fingerprint density at radius 1 is 0.640 bits per heavy atom. The van der Waals surface area contributed by atoms with Crippen molar-refractivity contribution >= 4 is 22.9 Å². The highest BCUT2D eigenvalue weighted by atomic mass is 16.1. The monoisotopic (exact) mass is 338 g/mol. The molecule has 0 radical (unpaired) electrons. The normalized spacial score (nSPS) is 15.3. The minimum Gasteiger partial charge on any atom is -0.377 e. The van der Waals surface area contributed by atoms with Crippen molar-refractivity contribution in [1.29, 1.82) is 0 Å². The maximum Gasteiger partial charge on any atom is 0.185 e. The number of benzene rings is 1. The van der Waals surface area contributed by atoms with Crippen molar-refractivity contribution in [3.05, 3.63) is 44.5 Å². The molecule has 2 rings (SSSR count). The smallest absolute Gasteiger partial charge is 0.185 e. The van der Waals surface area contributed by atoms with Gasteiger partial charge in [-0.1, -0.05) is 0 Å². The highest BCUT2D eigenvalue weighted by Crippen LogP contribution is 2.38. The van der Waals surface area contributed by atoms with E-state index in [2.05, 4.69) is 46.7 Å². The molecule has 1 aromatic rings. The zero-order valence-electron chi connectivity index (χ0n) is 17.3. The lowest BCUT2D eigenvalue weighted by Gasteiger charge is -2.25. The molecule has 1 aliphatic rings. The van der Waals surface area contributed by atoms with E-state index in [4.69, 9.17) is 4.99 Å². The number of ketones is 1. The number of allylic oxidation sites excluding steroid dienone is 4. The average molecular weight is 338 g/mol. The molecule has 0 fully saturated rings. The number of carbonyl (C=O) groups excluding carboxylic acids is 1. The first-order valence-corrected chi connectivity index (χ1v) is 8.77. The zero-order valence-corrected chi connectivity index (χ0v) is 17.3. The van der Waals surface area contributed by atoms with E-state index in [1.54, 1.807) is 0 Å². The maximum absolute atomic E-state index is 12.3. The Kier molecular flexibility index (Phi) is 5.08. The molecule has 0 amide bonds. The Labute approximate surface area is 152 Å². The fourth-order valence-electron chi connectivity index (χ4n) is 3.65. The van der Waals surface area contributed by atoms with Gasteiger partial charge in [0.1, 0.15) is 0 Å². The quantitative estimate of drug-likeness (QED) is 0.684. The van der Waals surface area contributed by atoms with Crippen LogP contribution < -0.4 is 4.90 Å². The molecule has 0 saturated heterocycles. The van der Waals surface area contributed by atoms with E-state index in [0.29, 0.717) is 0 Å². The van der Waals surface area contributed by atoms with Crippen LogP contribution in [-0.4, -0.2) is 25.6 Å². The number of anilines is 1. The first-order valence-electron chi connectivity index (χ1n) is 8.77. The van der Waals surface area contributed by atoms with Crippen molar-refractivity contribution < 1.29 is 4.79 Å². The molecular weight excluding hydrogens is 308 g/mol. The summed E-state index contributed by atoms with van der Waals surface area (Å²) in [7, 11) is 4.16. The number of rotatable bonds is 2. The number of nitrogens with zero attached hydrogens (tertiary/aromatic N) is 2. The van der Waals surface area contributed by atoms with Crippen molar-refractivity contribution in [2.75, 3.05) is 19.0 Å². The third-order valence-corrected chi connectivity index (χ3v) is 5.73. The lowest BCUT2D eigenvalue weighted by Crippen LogP contribution is -2.19. The molecule has 0 bridgehead atoms. The third-order valence-electron chi connectivity index (χ3n) is 5.73. The zero-order chi connectivity index (χ0) is 19.2. The molecule has 1 aromatic carbocycles. The molecule has 134 valence electrons. The van der Waals surface area contributed by atoms with Gasteiger partial charge in [-0.3, -0.25) is 4.79 Å². The molecular formula is C22H30N2O. The van der Waals surface area contributed by atoms with Crippen LogP contribution in [0.3, 0.4) is 0 Å². The Bertz CT molecular complexity index is 805. The number of aliphatic imine (C=N–C) groups is 1. The summed E-state index contributed by atoms with van der Waals surface area (Å²) in [5.41, 5.74) is 11.7. The second kappa shape index (κ2) is 6.62. The largest absolute Gasteiger partial charge is 0.377 e.